The molecule has 7 heteroatoms. The lowest BCUT2D eigenvalue weighted by Gasteiger charge is -2.09. The first-order chi connectivity index (χ1) is 9.99. The van der Waals surface area contributed by atoms with Crippen molar-refractivity contribution in [3.05, 3.63) is 33.5 Å². The van der Waals surface area contributed by atoms with E-state index in [9.17, 15) is 9.59 Å². The van der Waals surface area contributed by atoms with E-state index >= 15 is 0 Å². The average Bonchev–Trinajstić information content (AvgIpc) is 2.43. The first-order valence-corrected chi connectivity index (χ1v) is 7.24. The van der Waals surface area contributed by atoms with Gasteiger partial charge < -0.3 is 10.3 Å². The van der Waals surface area contributed by atoms with Gasteiger partial charge >= 0.3 is 0 Å². The summed E-state index contributed by atoms with van der Waals surface area (Å²) in [5.74, 6) is 0.295. The van der Waals surface area contributed by atoms with Crippen molar-refractivity contribution in [3.63, 3.8) is 0 Å². The van der Waals surface area contributed by atoms with Gasteiger partial charge in [0.1, 0.15) is 12.2 Å². The maximum atomic E-state index is 12.3. The predicted molar refractivity (Wildman–Crippen MR) is 83.7 cm³/mol. The van der Waals surface area contributed by atoms with Gasteiger partial charge in [-0.1, -0.05) is 13.8 Å². The maximum Gasteiger partial charge on any atom is 0.264 e. The van der Waals surface area contributed by atoms with Gasteiger partial charge in [0, 0.05) is 12.7 Å². The van der Waals surface area contributed by atoms with Crippen molar-refractivity contribution in [2.75, 3.05) is 6.54 Å². The normalized spacial score (nSPS) is 11.0. The SMILES string of the molecule is CC(C)CCNC(=O)Cn1c(=S)[nH]c2ncccc2c1=O. The number of amides is 1. The van der Waals surface area contributed by atoms with Crippen molar-refractivity contribution < 1.29 is 4.79 Å². The van der Waals surface area contributed by atoms with Crippen LogP contribution in [0.3, 0.4) is 0 Å². The molecule has 2 heterocycles. The van der Waals surface area contributed by atoms with Crippen LogP contribution in [-0.4, -0.2) is 27.0 Å². The number of nitrogens with zero attached hydrogens (tertiary/aromatic N) is 2. The van der Waals surface area contributed by atoms with Gasteiger partial charge in [-0.2, -0.15) is 0 Å². The molecule has 6 nitrogen and oxygen atoms in total. The summed E-state index contributed by atoms with van der Waals surface area (Å²) in [5.41, 5.74) is 0.129. The minimum Gasteiger partial charge on any atom is -0.355 e. The third-order valence-electron chi connectivity index (χ3n) is 3.10. The molecule has 0 aliphatic rings. The smallest absolute Gasteiger partial charge is 0.264 e. The molecule has 0 atom stereocenters. The van der Waals surface area contributed by atoms with Crippen molar-refractivity contribution in [1.29, 1.82) is 0 Å². The summed E-state index contributed by atoms with van der Waals surface area (Å²) in [6.45, 7) is 4.68. The van der Waals surface area contributed by atoms with Crippen LogP contribution in [0.15, 0.2) is 23.1 Å². The minimum absolute atomic E-state index is 0.0862. The van der Waals surface area contributed by atoms with E-state index in [1.54, 1.807) is 18.3 Å². The molecule has 0 aliphatic carbocycles. The van der Waals surface area contributed by atoms with E-state index in [1.165, 1.54) is 4.57 Å². The first-order valence-electron chi connectivity index (χ1n) is 6.83. The van der Waals surface area contributed by atoms with E-state index in [4.69, 9.17) is 12.2 Å². The second-order valence-corrected chi connectivity index (χ2v) is 5.64. The standard InChI is InChI=1S/C14H18N4O2S/c1-9(2)5-7-15-11(19)8-18-13(20)10-4-3-6-16-12(10)17-14(18)21/h3-4,6,9H,5,7-8H2,1-2H3,(H,15,19)(H,16,17,21). The lowest BCUT2D eigenvalue weighted by atomic mass is 10.1. The molecule has 0 unspecified atom stereocenters. The van der Waals surface area contributed by atoms with Gasteiger partial charge in [-0.25, -0.2) is 4.98 Å². The van der Waals surface area contributed by atoms with E-state index in [0.29, 0.717) is 23.5 Å². The van der Waals surface area contributed by atoms with Crippen LogP contribution in [0.1, 0.15) is 20.3 Å². The number of H-pyrrole nitrogens is 1. The monoisotopic (exact) mass is 306 g/mol. The molecule has 21 heavy (non-hydrogen) atoms. The molecule has 0 saturated carbocycles. The van der Waals surface area contributed by atoms with Crippen molar-refractivity contribution in [1.82, 2.24) is 19.9 Å². The summed E-state index contributed by atoms with van der Waals surface area (Å²) in [7, 11) is 0. The van der Waals surface area contributed by atoms with Crippen LogP contribution in [0.5, 0.6) is 0 Å². The van der Waals surface area contributed by atoms with E-state index < -0.39 is 0 Å². The van der Waals surface area contributed by atoms with Gasteiger partial charge in [0.05, 0.1) is 5.39 Å². The number of hydrogen-bond acceptors (Lipinski definition) is 4. The summed E-state index contributed by atoms with van der Waals surface area (Å²) in [6, 6.07) is 3.33. The fourth-order valence-corrected chi connectivity index (χ4v) is 2.17. The number of aromatic nitrogens is 3. The molecule has 2 rings (SSSR count). The molecular formula is C14H18N4O2S. The summed E-state index contributed by atoms with van der Waals surface area (Å²) in [5, 5.41) is 3.21. The number of aromatic amines is 1. The van der Waals surface area contributed by atoms with Crippen LogP contribution in [0.4, 0.5) is 0 Å². The van der Waals surface area contributed by atoms with Gasteiger partial charge in [-0.05, 0) is 36.7 Å². The highest BCUT2D eigenvalue weighted by molar-refractivity contribution is 7.71. The number of pyridine rings is 1. The van der Waals surface area contributed by atoms with Gasteiger partial charge in [-0.15, -0.1) is 0 Å². The number of nitrogens with one attached hydrogen (secondary N) is 2. The van der Waals surface area contributed by atoms with Gasteiger partial charge in [0.25, 0.3) is 5.56 Å². The van der Waals surface area contributed by atoms with Crippen molar-refractivity contribution >= 4 is 29.2 Å². The Morgan fingerprint density at radius 2 is 2.29 bits per heavy atom. The number of carbonyl (C=O) groups excluding carboxylic acids is 1. The zero-order valence-corrected chi connectivity index (χ0v) is 12.9. The molecule has 2 N–H and O–H groups in total. The molecule has 0 spiro atoms. The highest BCUT2D eigenvalue weighted by Crippen LogP contribution is 2.02. The van der Waals surface area contributed by atoms with Crippen molar-refractivity contribution in [2.24, 2.45) is 5.92 Å². The molecular weight excluding hydrogens is 288 g/mol. The van der Waals surface area contributed by atoms with E-state index in [2.05, 4.69) is 29.1 Å². The summed E-state index contributed by atoms with van der Waals surface area (Å²) in [6.07, 6.45) is 2.48. The Morgan fingerprint density at radius 3 is 3.00 bits per heavy atom. The Labute approximate surface area is 127 Å². The number of rotatable bonds is 5. The summed E-state index contributed by atoms with van der Waals surface area (Å²) >= 11 is 5.13. The Kier molecular flexibility index (Phi) is 4.85. The van der Waals surface area contributed by atoms with Crippen LogP contribution in [0.2, 0.25) is 0 Å². The summed E-state index contributed by atoms with van der Waals surface area (Å²) < 4.78 is 1.45. The first kappa shape index (κ1) is 15.4. The topological polar surface area (TPSA) is 79.8 Å². The second-order valence-electron chi connectivity index (χ2n) is 5.25. The molecule has 1 amide bonds. The Balaban J connectivity index is 2.21. The maximum absolute atomic E-state index is 12.3. The molecule has 0 radical (unpaired) electrons. The zero-order valence-electron chi connectivity index (χ0n) is 12.0. The lowest BCUT2D eigenvalue weighted by Crippen LogP contribution is -2.34. The summed E-state index contributed by atoms with van der Waals surface area (Å²) in [4.78, 5) is 31.1. The van der Waals surface area contributed by atoms with Crippen LogP contribution in [0, 0.1) is 10.7 Å². The van der Waals surface area contributed by atoms with Crippen LogP contribution in [-0.2, 0) is 11.3 Å². The zero-order chi connectivity index (χ0) is 15.4. The fraction of sp³-hybridized carbons (Fsp3) is 0.429. The molecule has 0 aliphatic heterocycles. The van der Waals surface area contributed by atoms with Crippen LogP contribution >= 0.6 is 12.2 Å². The number of carbonyl (C=O) groups is 1. The van der Waals surface area contributed by atoms with Gasteiger partial charge in [0.15, 0.2) is 4.77 Å². The van der Waals surface area contributed by atoms with E-state index in [-0.39, 0.29) is 22.8 Å². The fourth-order valence-electron chi connectivity index (χ4n) is 1.93. The molecule has 0 fully saturated rings. The Morgan fingerprint density at radius 1 is 1.52 bits per heavy atom. The minimum atomic E-state index is -0.305. The van der Waals surface area contributed by atoms with E-state index in [0.717, 1.165) is 6.42 Å². The average molecular weight is 306 g/mol. The molecule has 2 aromatic heterocycles. The van der Waals surface area contributed by atoms with Gasteiger partial charge in [0.2, 0.25) is 5.91 Å². The number of fused-ring (bicyclic) bond motifs is 1. The van der Waals surface area contributed by atoms with Gasteiger partial charge in [-0.3, -0.25) is 14.2 Å². The quantitative estimate of drug-likeness (QED) is 0.823. The molecule has 2 aromatic rings. The van der Waals surface area contributed by atoms with E-state index in [1.807, 2.05) is 0 Å². The van der Waals surface area contributed by atoms with Crippen LogP contribution < -0.4 is 10.9 Å². The third kappa shape index (κ3) is 3.75. The Hall–Kier alpha value is -2.02. The largest absolute Gasteiger partial charge is 0.355 e. The molecule has 0 saturated heterocycles. The van der Waals surface area contributed by atoms with Crippen molar-refractivity contribution in [2.45, 2.75) is 26.8 Å². The Bertz CT molecular complexity index is 763. The van der Waals surface area contributed by atoms with Crippen molar-refractivity contribution in [3.8, 4) is 0 Å². The highest BCUT2D eigenvalue weighted by Gasteiger charge is 2.09. The molecule has 0 aromatic carbocycles. The molecule has 112 valence electrons. The highest BCUT2D eigenvalue weighted by atomic mass is 32.1. The predicted octanol–water partition coefficient (Wildman–Crippen LogP) is 1.62. The second kappa shape index (κ2) is 6.62. The number of hydrogen-bond donors (Lipinski definition) is 2. The third-order valence-corrected chi connectivity index (χ3v) is 3.42. The lowest BCUT2D eigenvalue weighted by molar-refractivity contribution is -0.121. The molecule has 0 bridgehead atoms. The van der Waals surface area contributed by atoms with Crippen LogP contribution in [0.25, 0.3) is 11.0 Å².